The third-order valence-electron chi connectivity index (χ3n) is 3.28. The van der Waals surface area contributed by atoms with Gasteiger partial charge in [0.1, 0.15) is 11.4 Å². The molecule has 1 aromatic heterocycles. The molecular formula is C16H11N3O2. The van der Waals surface area contributed by atoms with E-state index >= 15 is 0 Å². The summed E-state index contributed by atoms with van der Waals surface area (Å²) in [5.74, 6) is 0.596. The van der Waals surface area contributed by atoms with Crippen molar-refractivity contribution in [3.05, 3.63) is 58.4 Å². The minimum Gasteiger partial charge on any atom is -0.496 e. The third kappa shape index (κ3) is 2.13. The van der Waals surface area contributed by atoms with Crippen molar-refractivity contribution in [2.75, 3.05) is 7.11 Å². The lowest BCUT2D eigenvalue weighted by Gasteiger charge is -2.10. The molecule has 0 saturated heterocycles. The normalized spacial score (nSPS) is 10.3. The molecule has 0 atom stereocenters. The number of fused-ring (bicyclic) bond motifs is 1. The van der Waals surface area contributed by atoms with Crippen molar-refractivity contribution in [2.45, 2.75) is 0 Å². The average Bonchev–Trinajstić information content (AvgIpc) is 2.55. The Balaban J connectivity index is 2.39. The minimum atomic E-state index is -0.246. The summed E-state index contributed by atoms with van der Waals surface area (Å²) in [5, 5.41) is 16.9. The molecule has 0 fully saturated rings. The van der Waals surface area contributed by atoms with Gasteiger partial charge >= 0.3 is 0 Å². The molecule has 21 heavy (non-hydrogen) atoms. The highest BCUT2D eigenvalue weighted by atomic mass is 16.5. The number of aromatic amines is 1. The molecular weight excluding hydrogens is 266 g/mol. The van der Waals surface area contributed by atoms with Crippen molar-refractivity contribution >= 4 is 10.8 Å². The van der Waals surface area contributed by atoms with E-state index in [1.165, 1.54) is 0 Å². The SMILES string of the molecule is COc1ccc(C#N)cc1-c1n[nH]c(=O)c2ccccc12. The number of nitriles is 1. The Labute approximate surface area is 120 Å². The van der Waals surface area contributed by atoms with E-state index in [-0.39, 0.29) is 5.56 Å². The summed E-state index contributed by atoms with van der Waals surface area (Å²) < 4.78 is 5.34. The van der Waals surface area contributed by atoms with E-state index in [0.717, 1.165) is 5.39 Å². The molecule has 1 heterocycles. The lowest BCUT2D eigenvalue weighted by atomic mass is 10.0. The number of benzene rings is 2. The van der Waals surface area contributed by atoms with Gasteiger partial charge in [-0.2, -0.15) is 10.4 Å². The highest BCUT2D eigenvalue weighted by Gasteiger charge is 2.13. The Bertz CT molecular complexity index is 923. The molecule has 0 aliphatic rings. The molecule has 0 aliphatic heterocycles. The van der Waals surface area contributed by atoms with Gasteiger partial charge in [-0.15, -0.1) is 0 Å². The Morgan fingerprint density at radius 3 is 2.67 bits per heavy atom. The minimum absolute atomic E-state index is 0.246. The second kappa shape index (κ2) is 5.10. The van der Waals surface area contributed by atoms with E-state index in [1.54, 1.807) is 37.4 Å². The number of nitrogens with zero attached hydrogens (tertiary/aromatic N) is 2. The van der Waals surface area contributed by atoms with E-state index in [0.29, 0.717) is 28.0 Å². The van der Waals surface area contributed by atoms with Crippen molar-refractivity contribution in [1.29, 1.82) is 5.26 Å². The average molecular weight is 277 g/mol. The lowest BCUT2D eigenvalue weighted by molar-refractivity contribution is 0.416. The molecule has 0 radical (unpaired) electrons. The third-order valence-corrected chi connectivity index (χ3v) is 3.28. The van der Waals surface area contributed by atoms with Crippen LogP contribution in [0.25, 0.3) is 22.0 Å². The van der Waals surface area contributed by atoms with Gasteiger partial charge in [0.15, 0.2) is 0 Å². The maximum atomic E-state index is 11.8. The summed E-state index contributed by atoms with van der Waals surface area (Å²) in [6, 6.07) is 14.4. The Hall–Kier alpha value is -3.13. The second-order valence-corrected chi connectivity index (χ2v) is 4.47. The van der Waals surface area contributed by atoms with Gasteiger partial charge < -0.3 is 4.74 Å². The van der Waals surface area contributed by atoms with Crippen molar-refractivity contribution in [3.63, 3.8) is 0 Å². The number of methoxy groups -OCH3 is 1. The molecule has 0 amide bonds. The van der Waals surface area contributed by atoms with Crippen LogP contribution >= 0.6 is 0 Å². The first-order chi connectivity index (χ1) is 10.2. The van der Waals surface area contributed by atoms with Crippen LogP contribution in [0.4, 0.5) is 0 Å². The molecule has 5 heteroatoms. The van der Waals surface area contributed by atoms with Gasteiger partial charge in [-0.25, -0.2) is 5.10 Å². The number of rotatable bonds is 2. The smallest absolute Gasteiger partial charge is 0.272 e. The zero-order valence-electron chi connectivity index (χ0n) is 11.3. The molecule has 0 spiro atoms. The van der Waals surface area contributed by atoms with Crippen LogP contribution in [-0.2, 0) is 0 Å². The largest absolute Gasteiger partial charge is 0.496 e. The van der Waals surface area contributed by atoms with Crippen molar-refractivity contribution in [1.82, 2.24) is 10.2 Å². The van der Waals surface area contributed by atoms with Gasteiger partial charge in [-0.05, 0) is 24.3 Å². The topological polar surface area (TPSA) is 78.8 Å². The van der Waals surface area contributed by atoms with Crippen molar-refractivity contribution in [2.24, 2.45) is 0 Å². The van der Waals surface area contributed by atoms with Crippen molar-refractivity contribution < 1.29 is 4.74 Å². The van der Waals surface area contributed by atoms with Gasteiger partial charge in [0.05, 0.1) is 24.1 Å². The Morgan fingerprint density at radius 2 is 1.95 bits per heavy atom. The quantitative estimate of drug-likeness (QED) is 0.780. The number of ether oxygens (including phenoxy) is 1. The van der Waals surface area contributed by atoms with Crippen molar-refractivity contribution in [3.8, 4) is 23.1 Å². The fourth-order valence-electron chi connectivity index (χ4n) is 2.28. The molecule has 2 aromatic carbocycles. The first kappa shape index (κ1) is 12.9. The van der Waals surface area contributed by atoms with Crippen LogP contribution in [0.15, 0.2) is 47.3 Å². The summed E-state index contributed by atoms with van der Waals surface area (Å²) in [5.41, 5.74) is 1.51. The maximum Gasteiger partial charge on any atom is 0.272 e. The standard InChI is InChI=1S/C16H11N3O2/c1-21-14-7-6-10(9-17)8-13(14)15-11-4-2-3-5-12(11)16(20)19-18-15/h2-8H,1H3,(H,19,20). The van der Waals surface area contributed by atoms with E-state index in [9.17, 15) is 4.79 Å². The second-order valence-electron chi connectivity index (χ2n) is 4.47. The molecule has 0 unspecified atom stereocenters. The number of hydrogen-bond acceptors (Lipinski definition) is 4. The van der Waals surface area contributed by atoms with E-state index in [1.807, 2.05) is 12.1 Å². The van der Waals surface area contributed by atoms with Crippen LogP contribution in [0, 0.1) is 11.3 Å². The molecule has 3 aromatic rings. The van der Waals surface area contributed by atoms with E-state index < -0.39 is 0 Å². The molecule has 5 nitrogen and oxygen atoms in total. The molecule has 0 bridgehead atoms. The highest BCUT2D eigenvalue weighted by molar-refractivity contribution is 5.95. The van der Waals surface area contributed by atoms with E-state index in [4.69, 9.17) is 10.00 Å². The molecule has 0 saturated carbocycles. The van der Waals surface area contributed by atoms with Crippen LogP contribution in [0.3, 0.4) is 0 Å². The summed E-state index contributed by atoms with van der Waals surface area (Å²) in [6.45, 7) is 0. The van der Waals surface area contributed by atoms with Gasteiger partial charge in [-0.1, -0.05) is 18.2 Å². The fourth-order valence-corrected chi connectivity index (χ4v) is 2.28. The van der Waals surface area contributed by atoms with Crippen LogP contribution < -0.4 is 10.3 Å². The van der Waals surface area contributed by atoms with Gasteiger partial charge in [0.2, 0.25) is 0 Å². The van der Waals surface area contributed by atoms with Crippen LogP contribution in [0.5, 0.6) is 5.75 Å². The maximum absolute atomic E-state index is 11.8. The number of nitrogens with one attached hydrogen (secondary N) is 1. The first-order valence-corrected chi connectivity index (χ1v) is 6.30. The van der Waals surface area contributed by atoms with Gasteiger partial charge in [-0.3, -0.25) is 4.79 Å². The monoisotopic (exact) mass is 277 g/mol. The molecule has 102 valence electrons. The molecule has 1 N–H and O–H groups in total. The molecule has 3 rings (SSSR count). The van der Waals surface area contributed by atoms with Crippen LogP contribution in [-0.4, -0.2) is 17.3 Å². The predicted molar refractivity (Wildman–Crippen MR) is 79.1 cm³/mol. The molecule has 0 aliphatic carbocycles. The van der Waals surface area contributed by atoms with E-state index in [2.05, 4.69) is 16.3 Å². The highest BCUT2D eigenvalue weighted by Crippen LogP contribution is 2.32. The summed E-state index contributed by atoms with van der Waals surface area (Å²) >= 11 is 0. The van der Waals surface area contributed by atoms with Crippen LogP contribution in [0.2, 0.25) is 0 Å². The summed E-state index contributed by atoms with van der Waals surface area (Å²) in [4.78, 5) is 11.8. The number of H-pyrrole nitrogens is 1. The number of aromatic nitrogens is 2. The van der Waals surface area contributed by atoms with Gasteiger partial charge in [0, 0.05) is 10.9 Å². The Kier molecular flexibility index (Phi) is 3.13. The van der Waals surface area contributed by atoms with Gasteiger partial charge in [0.25, 0.3) is 5.56 Å². The number of hydrogen-bond donors (Lipinski definition) is 1. The summed E-state index contributed by atoms with van der Waals surface area (Å²) in [7, 11) is 1.55. The lowest BCUT2D eigenvalue weighted by Crippen LogP contribution is -2.09. The van der Waals surface area contributed by atoms with Crippen LogP contribution in [0.1, 0.15) is 5.56 Å². The first-order valence-electron chi connectivity index (χ1n) is 6.30. The summed E-state index contributed by atoms with van der Waals surface area (Å²) in [6.07, 6.45) is 0. The predicted octanol–water partition coefficient (Wildman–Crippen LogP) is 2.47. The Morgan fingerprint density at radius 1 is 1.19 bits per heavy atom. The zero-order chi connectivity index (χ0) is 14.8. The zero-order valence-corrected chi connectivity index (χ0v) is 11.3. The fraction of sp³-hybridized carbons (Fsp3) is 0.0625.